The van der Waals surface area contributed by atoms with Crippen molar-refractivity contribution in [1.82, 2.24) is 10.2 Å². The molecule has 1 heterocycles. The molecule has 0 unspecified atom stereocenters. The fraction of sp³-hybridized carbons (Fsp3) is 0.647. The average Bonchev–Trinajstić information content (AvgIpc) is 2.42. The van der Waals surface area contributed by atoms with Gasteiger partial charge in [-0.2, -0.15) is 0 Å². The van der Waals surface area contributed by atoms with Crippen LogP contribution >= 0.6 is 15.9 Å². The van der Waals surface area contributed by atoms with Crippen molar-refractivity contribution in [2.75, 3.05) is 13.1 Å². The fourth-order valence-corrected chi connectivity index (χ4v) is 3.58. The zero-order valence-corrected chi connectivity index (χ0v) is 15.1. The lowest BCUT2D eigenvalue weighted by Gasteiger charge is -2.52. The van der Waals surface area contributed by atoms with Gasteiger partial charge in [0.05, 0.1) is 0 Å². The average molecular weight is 357 g/mol. The third-order valence-corrected chi connectivity index (χ3v) is 5.34. The lowest BCUT2D eigenvalue weighted by Crippen LogP contribution is -2.67. The summed E-state index contributed by atoms with van der Waals surface area (Å²) in [6, 6.07) is 5.37. The molecule has 118 valence electrons. The van der Waals surface area contributed by atoms with Gasteiger partial charge in [0.25, 0.3) is 0 Å². The maximum atomic E-state index is 14.2. The van der Waals surface area contributed by atoms with Crippen LogP contribution in [0.2, 0.25) is 0 Å². The SMILES string of the molecule is CCC1(CC)CNC(C)(C)CN1Cc1ccc(Br)cc1F. The van der Waals surface area contributed by atoms with E-state index >= 15 is 0 Å². The topological polar surface area (TPSA) is 15.3 Å². The van der Waals surface area contributed by atoms with Crippen molar-refractivity contribution in [2.45, 2.75) is 58.2 Å². The van der Waals surface area contributed by atoms with Crippen LogP contribution in [0.15, 0.2) is 22.7 Å². The van der Waals surface area contributed by atoms with E-state index < -0.39 is 0 Å². The second-order valence-electron chi connectivity index (χ2n) is 6.76. The van der Waals surface area contributed by atoms with Crippen LogP contribution < -0.4 is 5.32 Å². The van der Waals surface area contributed by atoms with Gasteiger partial charge in [-0.05, 0) is 38.8 Å². The van der Waals surface area contributed by atoms with Crippen LogP contribution in [0.5, 0.6) is 0 Å². The maximum Gasteiger partial charge on any atom is 0.128 e. The Labute approximate surface area is 136 Å². The van der Waals surface area contributed by atoms with Gasteiger partial charge in [0.15, 0.2) is 0 Å². The Hall–Kier alpha value is -0.450. The van der Waals surface area contributed by atoms with Crippen molar-refractivity contribution in [1.29, 1.82) is 0 Å². The predicted molar refractivity (Wildman–Crippen MR) is 89.9 cm³/mol. The molecule has 0 bridgehead atoms. The standard InChI is InChI=1S/C17H26BrFN2/c1-5-17(6-2)11-20-16(3,4)12-21(17)10-13-7-8-14(18)9-15(13)19/h7-9,20H,5-6,10-12H2,1-4H3. The van der Waals surface area contributed by atoms with Crippen molar-refractivity contribution >= 4 is 15.9 Å². The highest BCUT2D eigenvalue weighted by Gasteiger charge is 2.41. The van der Waals surface area contributed by atoms with Crippen LogP contribution in [0.3, 0.4) is 0 Å². The minimum absolute atomic E-state index is 0.0691. The molecule has 0 spiro atoms. The summed E-state index contributed by atoms with van der Waals surface area (Å²) in [7, 11) is 0. The van der Waals surface area contributed by atoms with E-state index in [1.807, 2.05) is 12.1 Å². The van der Waals surface area contributed by atoms with Gasteiger partial charge < -0.3 is 5.32 Å². The molecule has 1 aliphatic rings. The summed E-state index contributed by atoms with van der Waals surface area (Å²) in [6.45, 7) is 11.5. The summed E-state index contributed by atoms with van der Waals surface area (Å²) in [4.78, 5) is 2.47. The largest absolute Gasteiger partial charge is 0.309 e. The second kappa shape index (κ2) is 6.35. The number of rotatable bonds is 4. The number of halogens is 2. The van der Waals surface area contributed by atoms with E-state index in [4.69, 9.17) is 0 Å². The van der Waals surface area contributed by atoms with Crippen LogP contribution in [0, 0.1) is 5.82 Å². The summed E-state index contributed by atoms with van der Waals surface area (Å²) >= 11 is 3.33. The Bertz CT molecular complexity index is 498. The van der Waals surface area contributed by atoms with Crippen molar-refractivity contribution in [3.8, 4) is 0 Å². The Morgan fingerprint density at radius 2 is 1.95 bits per heavy atom. The Kier molecular flexibility index (Phi) is 5.11. The van der Waals surface area contributed by atoms with Crippen molar-refractivity contribution in [3.05, 3.63) is 34.1 Å². The third-order valence-electron chi connectivity index (χ3n) is 4.85. The van der Waals surface area contributed by atoms with E-state index in [0.29, 0.717) is 6.54 Å². The highest BCUT2D eigenvalue weighted by molar-refractivity contribution is 9.10. The van der Waals surface area contributed by atoms with Crippen molar-refractivity contribution in [3.63, 3.8) is 0 Å². The van der Waals surface area contributed by atoms with Gasteiger partial charge in [0, 0.05) is 40.7 Å². The molecule has 21 heavy (non-hydrogen) atoms. The monoisotopic (exact) mass is 356 g/mol. The molecule has 0 atom stereocenters. The van der Waals surface area contributed by atoms with E-state index in [1.165, 1.54) is 0 Å². The molecule has 0 aliphatic carbocycles. The first-order valence-corrected chi connectivity index (χ1v) is 8.55. The highest BCUT2D eigenvalue weighted by Crippen LogP contribution is 2.32. The Morgan fingerprint density at radius 3 is 2.52 bits per heavy atom. The molecule has 1 aromatic carbocycles. The number of nitrogens with zero attached hydrogens (tertiary/aromatic N) is 1. The summed E-state index contributed by atoms with van der Waals surface area (Å²) in [6.07, 6.45) is 2.15. The smallest absolute Gasteiger partial charge is 0.128 e. The zero-order valence-electron chi connectivity index (χ0n) is 13.5. The van der Waals surface area contributed by atoms with Crippen molar-refractivity contribution in [2.24, 2.45) is 0 Å². The number of nitrogens with one attached hydrogen (secondary N) is 1. The summed E-state index contributed by atoms with van der Waals surface area (Å²) in [5, 5.41) is 3.65. The van der Waals surface area contributed by atoms with Crippen molar-refractivity contribution < 1.29 is 4.39 Å². The number of benzene rings is 1. The molecule has 0 aromatic heterocycles. The normalized spacial score (nSPS) is 21.4. The second-order valence-corrected chi connectivity index (χ2v) is 7.68. The first kappa shape index (κ1) is 16.9. The van der Waals surface area contributed by atoms with E-state index in [9.17, 15) is 4.39 Å². The molecule has 2 rings (SSSR count). The summed E-state index contributed by atoms with van der Waals surface area (Å²) in [5.74, 6) is -0.123. The van der Waals surface area contributed by atoms with Crippen LogP contribution in [-0.2, 0) is 6.54 Å². The predicted octanol–water partition coefficient (Wildman–Crippen LogP) is 4.33. The maximum absolute atomic E-state index is 14.2. The molecule has 1 aromatic rings. The Morgan fingerprint density at radius 1 is 1.29 bits per heavy atom. The van der Waals surface area contributed by atoms with Gasteiger partial charge in [-0.3, -0.25) is 4.90 Å². The molecule has 0 saturated carbocycles. The first-order valence-electron chi connectivity index (χ1n) is 7.76. The van der Waals surface area contributed by atoms with E-state index in [2.05, 4.69) is 53.8 Å². The Balaban J connectivity index is 2.27. The molecule has 1 saturated heterocycles. The first-order chi connectivity index (χ1) is 9.82. The van der Waals surface area contributed by atoms with Gasteiger partial charge >= 0.3 is 0 Å². The summed E-state index contributed by atoms with van der Waals surface area (Å²) < 4.78 is 15.0. The molecular weight excluding hydrogens is 331 g/mol. The molecule has 4 heteroatoms. The minimum atomic E-state index is -0.123. The lowest BCUT2D eigenvalue weighted by molar-refractivity contribution is 0.00163. The number of hydrogen-bond donors (Lipinski definition) is 1. The number of hydrogen-bond acceptors (Lipinski definition) is 2. The minimum Gasteiger partial charge on any atom is -0.309 e. The van der Waals surface area contributed by atoms with Gasteiger partial charge in [0.2, 0.25) is 0 Å². The third kappa shape index (κ3) is 3.66. The highest BCUT2D eigenvalue weighted by atomic mass is 79.9. The molecular formula is C17H26BrFN2. The number of piperazine rings is 1. The van der Waals surface area contributed by atoms with Crippen LogP contribution in [0.25, 0.3) is 0 Å². The van der Waals surface area contributed by atoms with E-state index in [-0.39, 0.29) is 16.9 Å². The van der Waals surface area contributed by atoms with Gasteiger partial charge in [-0.1, -0.05) is 35.8 Å². The van der Waals surface area contributed by atoms with Crippen LogP contribution in [0.1, 0.15) is 46.1 Å². The molecule has 1 fully saturated rings. The quantitative estimate of drug-likeness (QED) is 0.863. The molecule has 1 N–H and O–H groups in total. The van der Waals surface area contributed by atoms with E-state index in [0.717, 1.165) is 36.0 Å². The molecule has 0 amide bonds. The fourth-order valence-electron chi connectivity index (χ4n) is 3.24. The molecule has 1 aliphatic heterocycles. The zero-order chi connectivity index (χ0) is 15.7. The van der Waals surface area contributed by atoms with Gasteiger partial charge in [-0.15, -0.1) is 0 Å². The lowest BCUT2D eigenvalue weighted by atomic mass is 9.84. The van der Waals surface area contributed by atoms with E-state index in [1.54, 1.807) is 6.07 Å². The molecule has 0 radical (unpaired) electrons. The molecule has 2 nitrogen and oxygen atoms in total. The van der Waals surface area contributed by atoms with Gasteiger partial charge in [-0.25, -0.2) is 4.39 Å². The van der Waals surface area contributed by atoms with Crippen LogP contribution in [0.4, 0.5) is 4.39 Å². The van der Waals surface area contributed by atoms with Gasteiger partial charge in [0.1, 0.15) is 5.82 Å². The van der Waals surface area contributed by atoms with Crippen LogP contribution in [-0.4, -0.2) is 29.1 Å². The summed E-state index contributed by atoms with van der Waals surface area (Å²) in [5.41, 5.74) is 0.969.